The molecule has 0 aromatic heterocycles. The Morgan fingerprint density at radius 3 is 2.38 bits per heavy atom. The van der Waals surface area contributed by atoms with Crippen molar-refractivity contribution in [3.63, 3.8) is 0 Å². The van der Waals surface area contributed by atoms with E-state index in [1.54, 1.807) is 16.4 Å². The third kappa shape index (κ3) is 4.61. The maximum atomic E-state index is 12.9. The van der Waals surface area contributed by atoms with Crippen LogP contribution in [0.15, 0.2) is 24.3 Å². The van der Waals surface area contributed by atoms with Gasteiger partial charge in [0.15, 0.2) is 0 Å². The van der Waals surface area contributed by atoms with E-state index in [1.165, 1.54) is 16.4 Å². The lowest BCUT2D eigenvalue weighted by Crippen LogP contribution is -2.51. The number of nitrogens with one attached hydrogen (secondary N) is 1. The average molecular weight is 383 g/mol. The highest BCUT2D eigenvalue weighted by molar-refractivity contribution is 7.86. The van der Waals surface area contributed by atoms with Gasteiger partial charge in [-0.05, 0) is 43.4 Å². The van der Waals surface area contributed by atoms with E-state index in [0.717, 1.165) is 24.8 Å². The maximum Gasteiger partial charge on any atom is 0.281 e. The molecule has 1 aromatic carbocycles. The summed E-state index contributed by atoms with van der Waals surface area (Å²) >= 11 is 0. The number of carbonyl (C=O) groups is 1. The van der Waals surface area contributed by atoms with E-state index in [-0.39, 0.29) is 24.2 Å². The van der Waals surface area contributed by atoms with Gasteiger partial charge in [0, 0.05) is 32.7 Å². The Morgan fingerprint density at radius 1 is 1.04 bits per heavy atom. The molecule has 6 nitrogen and oxygen atoms in total. The summed E-state index contributed by atoms with van der Waals surface area (Å²) in [7, 11) is -3.48. The smallest absolute Gasteiger partial charge is 0.281 e. The number of piperidine rings is 2. The molecule has 2 aliphatic rings. The van der Waals surface area contributed by atoms with Crippen molar-refractivity contribution in [1.82, 2.24) is 13.9 Å². The van der Waals surface area contributed by atoms with Crippen molar-refractivity contribution < 1.29 is 17.6 Å². The molecule has 1 atom stereocenters. The predicted molar refractivity (Wildman–Crippen MR) is 96.9 cm³/mol. The zero-order valence-electron chi connectivity index (χ0n) is 14.9. The predicted octanol–water partition coefficient (Wildman–Crippen LogP) is 1.88. The van der Waals surface area contributed by atoms with Crippen molar-refractivity contribution in [2.75, 3.05) is 26.2 Å². The monoisotopic (exact) mass is 383 g/mol. The molecule has 2 fully saturated rings. The van der Waals surface area contributed by atoms with Crippen molar-refractivity contribution in [2.24, 2.45) is 5.92 Å². The Kier molecular flexibility index (Phi) is 6.26. The van der Waals surface area contributed by atoms with E-state index in [0.29, 0.717) is 39.0 Å². The van der Waals surface area contributed by atoms with Gasteiger partial charge >= 0.3 is 0 Å². The molecule has 26 heavy (non-hydrogen) atoms. The van der Waals surface area contributed by atoms with Crippen LogP contribution in [-0.4, -0.2) is 49.1 Å². The first kappa shape index (κ1) is 19.3. The van der Waals surface area contributed by atoms with E-state index < -0.39 is 10.2 Å². The first-order chi connectivity index (χ1) is 12.5. The fraction of sp³-hybridized carbons (Fsp3) is 0.611. The van der Waals surface area contributed by atoms with Gasteiger partial charge in [-0.3, -0.25) is 4.79 Å². The van der Waals surface area contributed by atoms with Crippen LogP contribution in [0.1, 0.15) is 37.7 Å². The first-order valence-corrected chi connectivity index (χ1v) is 10.6. The van der Waals surface area contributed by atoms with Crippen LogP contribution in [0.3, 0.4) is 0 Å². The molecule has 2 saturated heterocycles. The van der Waals surface area contributed by atoms with Crippen LogP contribution in [0.2, 0.25) is 0 Å². The Balaban J connectivity index is 1.56. The van der Waals surface area contributed by atoms with Gasteiger partial charge in [-0.2, -0.15) is 17.0 Å². The average Bonchev–Trinajstić information content (AvgIpc) is 2.68. The number of nitrogens with zero attached hydrogens (tertiary/aromatic N) is 2. The van der Waals surface area contributed by atoms with Gasteiger partial charge in [0.1, 0.15) is 5.82 Å². The molecule has 0 spiro atoms. The number of hydrogen-bond donors (Lipinski definition) is 1. The molecule has 0 radical (unpaired) electrons. The van der Waals surface area contributed by atoms with Gasteiger partial charge in [-0.15, -0.1) is 0 Å². The Morgan fingerprint density at radius 2 is 1.69 bits per heavy atom. The largest absolute Gasteiger partial charge is 0.352 e. The van der Waals surface area contributed by atoms with E-state index in [1.807, 2.05) is 0 Å². The lowest BCUT2D eigenvalue weighted by atomic mass is 9.99. The summed E-state index contributed by atoms with van der Waals surface area (Å²) in [6.07, 6.45) is 4.23. The van der Waals surface area contributed by atoms with Crippen LogP contribution >= 0.6 is 0 Å². The molecular weight excluding hydrogens is 357 g/mol. The summed E-state index contributed by atoms with van der Waals surface area (Å²) in [4.78, 5) is 12.5. The highest BCUT2D eigenvalue weighted by Crippen LogP contribution is 2.23. The number of carbonyl (C=O) groups excluding carboxylic acids is 1. The second-order valence-electron chi connectivity index (χ2n) is 7.01. The molecule has 0 unspecified atom stereocenters. The number of halogens is 1. The zero-order chi connectivity index (χ0) is 18.6. The molecule has 1 amide bonds. The van der Waals surface area contributed by atoms with Crippen LogP contribution < -0.4 is 5.32 Å². The van der Waals surface area contributed by atoms with E-state index in [9.17, 15) is 17.6 Å². The normalized spacial score (nSPS) is 22.9. The highest BCUT2D eigenvalue weighted by atomic mass is 32.2. The van der Waals surface area contributed by atoms with Crippen LogP contribution in [0.25, 0.3) is 0 Å². The minimum Gasteiger partial charge on any atom is -0.352 e. The van der Waals surface area contributed by atoms with Crippen molar-refractivity contribution >= 4 is 16.1 Å². The standard InChI is InChI=1S/C18H26FN3O3S/c19-17-8-6-15(7-9-17)13-20-18(23)16-5-4-12-22(14-16)26(24,25)21-10-2-1-3-11-21/h6-9,16H,1-5,10-14H2,(H,20,23)/t16-/m1/s1. The maximum absolute atomic E-state index is 12.9. The molecule has 8 heteroatoms. The molecule has 0 bridgehead atoms. The third-order valence-corrected chi connectivity index (χ3v) is 7.10. The minimum absolute atomic E-state index is 0.145. The van der Waals surface area contributed by atoms with Crippen LogP contribution in [0.5, 0.6) is 0 Å². The zero-order valence-corrected chi connectivity index (χ0v) is 15.7. The molecule has 1 N–H and O–H groups in total. The molecular formula is C18H26FN3O3S. The second kappa shape index (κ2) is 8.45. The van der Waals surface area contributed by atoms with Crippen molar-refractivity contribution in [2.45, 2.75) is 38.6 Å². The van der Waals surface area contributed by atoms with Gasteiger partial charge in [0.2, 0.25) is 5.91 Å². The van der Waals surface area contributed by atoms with Gasteiger partial charge < -0.3 is 5.32 Å². The lowest BCUT2D eigenvalue weighted by Gasteiger charge is -2.36. The number of hydrogen-bond acceptors (Lipinski definition) is 3. The topological polar surface area (TPSA) is 69.7 Å². The summed E-state index contributed by atoms with van der Waals surface area (Å²) in [6, 6.07) is 5.97. The number of amides is 1. The van der Waals surface area contributed by atoms with Crippen LogP contribution in [0, 0.1) is 11.7 Å². The van der Waals surface area contributed by atoms with Gasteiger partial charge in [-0.25, -0.2) is 4.39 Å². The Labute approximate surface area is 154 Å². The fourth-order valence-corrected chi connectivity index (χ4v) is 5.34. The summed E-state index contributed by atoms with van der Waals surface area (Å²) in [5.41, 5.74) is 0.813. The van der Waals surface area contributed by atoms with Crippen molar-refractivity contribution in [1.29, 1.82) is 0 Å². The Bertz CT molecular complexity index is 718. The SMILES string of the molecule is O=C(NCc1ccc(F)cc1)[C@@H]1CCCN(S(=O)(=O)N2CCCCC2)C1. The molecule has 3 rings (SSSR count). The van der Waals surface area contributed by atoms with Gasteiger partial charge in [-0.1, -0.05) is 18.6 Å². The Hall–Kier alpha value is -1.51. The van der Waals surface area contributed by atoms with Gasteiger partial charge in [0.05, 0.1) is 5.92 Å². The fourth-order valence-electron chi connectivity index (χ4n) is 3.56. The lowest BCUT2D eigenvalue weighted by molar-refractivity contribution is -0.126. The van der Waals surface area contributed by atoms with Crippen molar-refractivity contribution in [3.8, 4) is 0 Å². The molecule has 0 aliphatic carbocycles. The highest BCUT2D eigenvalue weighted by Gasteiger charge is 2.36. The number of benzene rings is 1. The molecule has 0 saturated carbocycles. The molecule has 2 aliphatic heterocycles. The second-order valence-corrected chi connectivity index (χ2v) is 8.94. The number of rotatable bonds is 5. The molecule has 144 valence electrons. The quantitative estimate of drug-likeness (QED) is 0.844. The van der Waals surface area contributed by atoms with E-state index >= 15 is 0 Å². The van der Waals surface area contributed by atoms with Crippen molar-refractivity contribution in [3.05, 3.63) is 35.6 Å². The minimum atomic E-state index is -3.48. The summed E-state index contributed by atoms with van der Waals surface area (Å²) in [5, 5.41) is 2.84. The molecule has 1 aromatic rings. The van der Waals surface area contributed by atoms with Crippen LogP contribution in [0.4, 0.5) is 4.39 Å². The van der Waals surface area contributed by atoms with E-state index in [2.05, 4.69) is 5.32 Å². The van der Waals surface area contributed by atoms with Crippen LogP contribution in [-0.2, 0) is 21.5 Å². The first-order valence-electron chi connectivity index (χ1n) is 9.24. The summed E-state index contributed by atoms with van der Waals surface area (Å²) in [6.45, 7) is 2.16. The van der Waals surface area contributed by atoms with Gasteiger partial charge in [0.25, 0.3) is 10.2 Å². The van der Waals surface area contributed by atoms with E-state index in [4.69, 9.17) is 0 Å². The third-order valence-electron chi connectivity index (χ3n) is 5.10. The summed E-state index contributed by atoms with van der Waals surface area (Å²) < 4.78 is 41.6. The summed E-state index contributed by atoms with van der Waals surface area (Å²) in [5.74, 6) is -0.803. The molecule has 2 heterocycles.